The third kappa shape index (κ3) is 4.72. The van der Waals surface area contributed by atoms with Gasteiger partial charge in [-0.05, 0) is 38.1 Å². The van der Waals surface area contributed by atoms with E-state index >= 15 is 0 Å². The van der Waals surface area contributed by atoms with Crippen molar-refractivity contribution < 1.29 is 18.0 Å². The normalized spacial score (nSPS) is 11.7. The van der Waals surface area contributed by atoms with Crippen molar-refractivity contribution in [3.8, 4) is 11.3 Å². The highest BCUT2D eigenvalue weighted by molar-refractivity contribution is 7.99. The molecule has 0 aliphatic carbocycles. The summed E-state index contributed by atoms with van der Waals surface area (Å²) in [5.74, 6) is -0.525. The van der Waals surface area contributed by atoms with Crippen molar-refractivity contribution >= 4 is 29.0 Å². The van der Waals surface area contributed by atoms with E-state index in [4.69, 9.17) is 0 Å². The number of benzene rings is 1. The van der Waals surface area contributed by atoms with E-state index in [1.54, 1.807) is 23.0 Å². The molecule has 3 heterocycles. The number of amides is 1. The van der Waals surface area contributed by atoms with Crippen LogP contribution in [-0.4, -0.2) is 36.2 Å². The van der Waals surface area contributed by atoms with Crippen LogP contribution in [0.5, 0.6) is 0 Å². The predicted octanol–water partition coefficient (Wildman–Crippen LogP) is 4.55. The Morgan fingerprint density at radius 2 is 1.97 bits per heavy atom. The Bertz CT molecular complexity index is 1300. The molecule has 1 amide bonds. The molecule has 164 valence electrons. The SMILES string of the molecule is Cc1cc2ncc(-c3ccnc(SCC(=O)Nc4cccc(C(F)(F)F)c4)n3)c(C)n2n1. The molecule has 0 radical (unpaired) electrons. The Kier molecular flexibility index (Phi) is 5.83. The Morgan fingerprint density at radius 3 is 2.75 bits per heavy atom. The summed E-state index contributed by atoms with van der Waals surface area (Å²) in [5.41, 5.74) is 3.10. The van der Waals surface area contributed by atoms with E-state index in [2.05, 4.69) is 25.4 Å². The van der Waals surface area contributed by atoms with Crippen LogP contribution in [0.2, 0.25) is 0 Å². The van der Waals surface area contributed by atoms with Gasteiger partial charge in [-0.25, -0.2) is 19.5 Å². The smallest absolute Gasteiger partial charge is 0.325 e. The van der Waals surface area contributed by atoms with Gasteiger partial charge in [0.05, 0.1) is 28.4 Å². The lowest BCUT2D eigenvalue weighted by molar-refractivity contribution is -0.137. The van der Waals surface area contributed by atoms with Crippen molar-refractivity contribution in [2.75, 3.05) is 11.1 Å². The average Bonchev–Trinajstić information content (AvgIpc) is 3.14. The van der Waals surface area contributed by atoms with Gasteiger partial charge in [0.25, 0.3) is 0 Å². The quantitative estimate of drug-likeness (QED) is 0.349. The zero-order valence-corrected chi connectivity index (χ0v) is 17.8. The first kappa shape index (κ1) is 21.8. The molecule has 3 aromatic heterocycles. The summed E-state index contributed by atoms with van der Waals surface area (Å²) in [5, 5.41) is 7.25. The second kappa shape index (κ2) is 8.58. The molecule has 0 saturated carbocycles. The second-order valence-electron chi connectivity index (χ2n) is 6.95. The molecule has 1 aromatic carbocycles. The number of carbonyl (C=O) groups is 1. The third-order valence-corrected chi connectivity index (χ3v) is 5.42. The molecule has 0 spiro atoms. The summed E-state index contributed by atoms with van der Waals surface area (Å²) < 4.78 is 40.2. The van der Waals surface area contributed by atoms with E-state index in [1.165, 1.54) is 12.1 Å². The van der Waals surface area contributed by atoms with Crippen LogP contribution in [0, 0.1) is 13.8 Å². The number of hydrogen-bond donors (Lipinski definition) is 1. The molecule has 32 heavy (non-hydrogen) atoms. The Balaban J connectivity index is 1.46. The van der Waals surface area contributed by atoms with E-state index in [0.717, 1.165) is 46.5 Å². The minimum Gasteiger partial charge on any atom is -0.325 e. The standard InChI is InChI=1S/C21H17F3N6OS/c1-12-8-18-26-10-16(13(2)30(18)29-12)17-6-7-25-20(28-17)32-11-19(31)27-15-5-3-4-14(9-15)21(22,23)24/h3-10H,11H2,1-2H3,(H,27,31). The van der Waals surface area contributed by atoms with Crippen LogP contribution in [0.1, 0.15) is 17.0 Å². The monoisotopic (exact) mass is 458 g/mol. The van der Waals surface area contributed by atoms with Gasteiger partial charge in [-0.2, -0.15) is 18.3 Å². The van der Waals surface area contributed by atoms with Gasteiger partial charge < -0.3 is 5.32 Å². The highest BCUT2D eigenvalue weighted by Gasteiger charge is 2.30. The molecule has 0 fully saturated rings. The molecule has 0 bridgehead atoms. The van der Waals surface area contributed by atoms with Crippen LogP contribution >= 0.6 is 11.8 Å². The van der Waals surface area contributed by atoms with Gasteiger partial charge >= 0.3 is 6.18 Å². The molecular formula is C21H17F3N6OS. The van der Waals surface area contributed by atoms with Crippen LogP contribution in [-0.2, 0) is 11.0 Å². The zero-order valence-electron chi connectivity index (χ0n) is 17.0. The number of hydrogen-bond acceptors (Lipinski definition) is 6. The fraction of sp³-hybridized carbons (Fsp3) is 0.190. The average molecular weight is 458 g/mol. The van der Waals surface area contributed by atoms with Crippen molar-refractivity contribution in [2.45, 2.75) is 25.2 Å². The molecular weight excluding hydrogens is 441 g/mol. The second-order valence-corrected chi connectivity index (χ2v) is 7.90. The topological polar surface area (TPSA) is 85.1 Å². The molecule has 4 aromatic rings. The number of anilines is 1. The van der Waals surface area contributed by atoms with E-state index in [0.29, 0.717) is 10.9 Å². The number of aromatic nitrogens is 5. The van der Waals surface area contributed by atoms with Crippen molar-refractivity contribution in [1.82, 2.24) is 24.6 Å². The minimum atomic E-state index is -4.48. The molecule has 0 unspecified atom stereocenters. The van der Waals surface area contributed by atoms with E-state index in [1.807, 2.05) is 19.9 Å². The maximum absolute atomic E-state index is 12.8. The molecule has 7 nitrogen and oxygen atoms in total. The molecule has 1 N–H and O–H groups in total. The molecule has 11 heteroatoms. The number of fused-ring (bicyclic) bond motifs is 1. The Hall–Kier alpha value is -3.47. The fourth-order valence-electron chi connectivity index (χ4n) is 3.08. The van der Waals surface area contributed by atoms with Crippen LogP contribution < -0.4 is 5.32 Å². The number of nitrogens with one attached hydrogen (secondary N) is 1. The summed E-state index contributed by atoms with van der Waals surface area (Å²) in [6.07, 6.45) is -1.19. The summed E-state index contributed by atoms with van der Waals surface area (Å²) in [6.45, 7) is 3.80. The fourth-order valence-corrected chi connectivity index (χ4v) is 3.71. The van der Waals surface area contributed by atoms with E-state index in [-0.39, 0.29) is 11.4 Å². The molecule has 0 saturated heterocycles. The Labute approximate surface area is 185 Å². The highest BCUT2D eigenvalue weighted by Crippen LogP contribution is 2.30. The third-order valence-electron chi connectivity index (χ3n) is 4.56. The van der Waals surface area contributed by atoms with Crippen molar-refractivity contribution in [1.29, 1.82) is 0 Å². The largest absolute Gasteiger partial charge is 0.416 e. The van der Waals surface area contributed by atoms with Gasteiger partial charge in [0.1, 0.15) is 0 Å². The number of alkyl halides is 3. The van der Waals surface area contributed by atoms with Crippen molar-refractivity contribution in [3.05, 3.63) is 65.7 Å². The summed E-state index contributed by atoms with van der Waals surface area (Å²) in [7, 11) is 0. The van der Waals surface area contributed by atoms with Crippen LogP contribution in [0.3, 0.4) is 0 Å². The number of nitrogens with zero attached hydrogens (tertiary/aromatic N) is 5. The first-order valence-electron chi connectivity index (χ1n) is 9.46. The van der Waals surface area contributed by atoms with Gasteiger partial charge in [-0.1, -0.05) is 17.8 Å². The maximum Gasteiger partial charge on any atom is 0.416 e. The first-order chi connectivity index (χ1) is 15.2. The summed E-state index contributed by atoms with van der Waals surface area (Å²) in [6, 6.07) is 8.09. The minimum absolute atomic E-state index is 0.0612. The predicted molar refractivity (Wildman–Crippen MR) is 114 cm³/mol. The number of rotatable bonds is 5. The molecule has 4 rings (SSSR count). The number of thioether (sulfide) groups is 1. The number of halogens is 3. The summed E-state index contributed by atoms with van der Waals surface area (Å²) >= 11 is 1.08. The summed E-state index contributed by atoms with van der Waals surface area (Å²) in [4.78, 5) is 25.3. The van der Waals surface area contributed by atoms with E-state index < -0.39 is 17.6 Å². The van der Waals surface area contributed by atoms with Gasteiger partial charge in [-0.3, -0.25) is 4.79 Å². The lowest BCUT2D eigenvalue weighted by Crippen LogP contribution is -2.15. The van der Waals surface area contributed by atoms with Crippen molar-refractivity contribution in [3.63, 3.8) is 0 Å². The van der Waals surface area contributed by atoms with E-state index in [9.17, 15) is 18.0 Å². The lowest BCUT2D eigenvalue weighted by atomic mass is 10.2. The Morgan fingerprint density at radius 1 is 1.16 bits per heavy atom. The van der Waals surface area contributed by atoms with Crippen LogP contribution in [0.25, 0.3) is 16.9 Å². The van der Waals surface area contributed by atoms with Crippen LogP contribution in [0.4, 0.5) is 18.9 Å². The number of aryl methyl sites for hydroxylation is 2. The van der Waals surface area contributed by atoms with Crippen molar-refractivity contribution in [2.24, 2.45) is 0 Å². The first-order valence-corrected chi connectivity index (χ1v) is 10.4. The van der Waals surface area contributed by atoms with Gasteiger partial charge in [0.15, 0.2) is 10.8 Å². The lowest BCUT2D eigenvalue weighted by Gasteiger charge is -2.10. The van der Waals surface area contributed by atoms with Crippen LogP contribution in [0.15, 0.2) is 53.9 Å². The number of carbonyl (C=O) groups excluding carboxylic acids is 1. The molecule has 0 aliphatic heterocycles. The molecule has 0 aliphatic rings. The van der Waals surface area contributed by atoms with Gasteiger partial charge in [0.2, 0.25) is 5.91 Å². The highest BCUT2D eigenvalue weighted by atomic mass is 32.2. The zero-order chi connectivity index (χ0) is 22.9. The van der Waals surface area contributed by atoms with Gasteiger partial charge in [0, 0.05) is 29.7 Å². The van der Waals surface area contributed by atoms with Gasteiger partial charge in [-0.15, -0.1) is 0 Å². The molecule has 0 atom stereocenters. The maximum atomic E-state index is 12.8.